The van der Waals surface area contributed by atoms with Crippen molar-refractivity contribution in [1.29, 1.82) is 0 Å². The highest BCUT2D eigenvalue weighted by Gasteiger charge is 2.57. The number of carboxylic acids is 1. The second-order valence-corrected chi connectivity index (χ2v) is 16.6. The SMILES string of the molecule is CC(=O)N[C@H]1C(O)O[C@H](COS(=O)(=O)O)[C@H](O)[C@@H]1O[C@@H]1O[C@H](C(=O)O)[C@@H](O)[C@H](O[C@@H]2O[C@@H](C)[C@@H](O[C@@H]3O[C@@H](C)[C@@H](O)[C@@H](OS(=O)(=O)O)[C@@H]3O)[C@@H](OS(=O)(=O)O)[C@@H]2O)[C@H]1O. The molecule has 0 bridgehead atoms. The van der Waals surface area contributed by atoms with Crippen molar-refractivity contribution in [2.24, 2.45) is 0 Å². The van der Waals surface area contributed by atoms with Gasteiger partial charge in [0.15, 0.2) is 31.3 Å². The largest absolute Gasteiger partial charge is 0.479 e. The number of nitrogens with one attached hydrogen (secondary N) is 1. The Labute approximate surface area is 333 Å². The summed E-state index contributed by atoms with van der Waals surface area (Å²) in [6, 6.07) is -1.80. The summed E-state index contributed by atoms with van der Waals surface area (Å²) in [5, 5.41) is 88.1. The van der Waals surface area contributed by atoms with Gasteiger partial charge in [0.1, 0.15) is 79.3 Å². The number of carboxylic acid groups (broad SMARTS) is 1. The van der Waals surface area contributed by atoms with E-state index in [1.54, 1.807) is 0 Å². The fourth-order valence-corrected chi connectivity index (χ4v) is 7.77. The van der Waals surface area contributed by atoms with Gasteiger partial charge in [-0.2, -0.15) is 25.3 Å². The molecule has 0 radical (unpaired) electrons. The van der Waals surface area contributed by atoms with Crippen LogP contribution in [0.5, 0.6) is 0 Å². The van der Waals surface area contributed by atoms with Crippen molar-refractivity contribution in [3.63, 3.8) is 0 Å². The molecule has 12 N–H and O–H groups in total. The lowest BCUT2D eigenvalue weighted by Gasteiger charge is -2.49. The van der Waals surface area contributed by atoms with Crippen molar-refractivity contribution in [2.75, 3.05) is 6.61 Å². The summed E-state index contributed by atoms with van der Waals surface area (Å²) in [5.41, 5.74) is 0. The zero-order valence-corrected chi connectivity index (χ0v) is 32.7. The van der Waals surface area contributed by atoms with E-state index in [4.69, 9.17) is 42.3 Å². The van der Waals surface area contributed by atoms with Crippen molar-refractivity contribution in [3.8, 4) is 0 Å². The van der Waals surface area contributed by atoms with Crippen LogP contribution in [-0.2, 0) is 86.5 Å². The molecule has 4 rings (SSSR count). The highest BCUT2D eigenvalue weighted by molar-refractivity contribution is 7.81. The molecule has 0 aliphatic carbocycles. The maximum absolute atomic E-state index is 12.2. The van der Waals surface area contributed by atoms with Gasteiger partial charge in [0.2, 0.25) is 5.91 Å². The third-order valence-electron chi connectivity index (χ3n) is 9.10. The third kappa shape index (κ3) is 12.6. The van der Waals surface area contributed by atoms with Gasteiger partial charge in [0.25, 0.3) is 0 Å². The molecule has 0 spiro atoms. The van der Waals surface area contributed by atoms with E-state index in [0.29, 0.717) is 0 Å². The fourth-order valence-electron chi connectivity index (χ4n) is 6.45. The second-order valence-electron chi connectivity index (χ2n) is 13.4. The molecule has 4 aliphatic rings. The summed E-state index contributed by atoms with van der Waals surface area (Å²) in [6.07, 6.45) is -41.0. The standard InChI is InChI=1S/C26H43NO29S3/c1-5-10(29)19(55-58(41,42)43)14(33)24(48-5)51-16-6(2)49-25(15(34)20(16)56-59(44,45)46)53-18-12(31)21(22(35)36)54-26(13(18)32)52-17-9(27-7(3)28)23(37)50-8(11(17)30)4-47-57(38,39)40/h5-6,8-21,23-26,29-34,37H,4H2,1-3H3,(H,27,28)(H,35,36)(H,38,39,40)(H,41,42,43)(H,44,45,46)/t5-,6-,8+,9+,10+,11-,12-,13+,14-,15-,16+,17+,18-,19+,20-,21-,23?,24-,25-,26+/m0/s1. The van der Waals surface area contributed by atoms with Gasteiger partial charge in [-0.15, -0.1) is 0 Å². The number of aliphatic carboxylic acids is 1. The topological polar surface area (TPSA) is 463 Å². The average Bonchev–Trinajstić information content (AvgIpc) is 3.08. The number of carbonyl (C=O) groups excluding carboxylic acids is 1. The Balaban J connectivity index is 1.62. The molecule has 344 valence electrons. The van der Waals surface area contributed by atoms with Crippen molar-refractivity contribution >= 4 is 43.1 Å². The van der Waals surface area contributed by atoms with Gasteiger partial charge >= 0.3 is 37.2 Å². The Morgan fingerprint density at radius 3 is 1.58 bits per heavy atom. The van der Waals surface area contributed by atoms with E-state index in [0.717, 1.165) is 20.8 Å². The number of hydrogen-bond donors (Lipinski definition) is 12. The summed E-state index contributed by atoms with van der Waals surface area (Å²) in [6.45, 7) is 1.95. The zero-order chi connectivity index (χ0) is 44.7. The molecule has 4 fully saturated rings. The highest BCUT2D eigenvalue weighted by atomic mass is 32.3. The fraction of sp³-hybridized carbons (Fsp3) is 0.923. The van der Waals surface area contributed by atoms with Gasteiger partial charge < -0.3 is 79.3 Å². The summed E-state index contributed by atoms with van der Waals surface area (Å²) < 4.78 is 147. The minimum Gasteiger partial charge on any atom is -0.479 e. The molecule has 4 heterocycles. The summed E-state index contributed by atoms with van der Waals surface area (Å²) in [5.74, 6) is -2.85. The normalized spacial score (nSPS) is 43.8. The minimum atomic E-state index is -5.57. The molecule has 0 aromatic rings. The molecule has 0 aromatic heterocycles. The summed E-state index contributed by atoms with van der Waals surface area (Å²) in [4.78, 5) is 24.1. The maximum Gasteiger partial charge on any atom is 0.397 e. The number of carbonyl (C=O) groups is 2. The first kappa shape index (κ1) is 49.6. The quantitative estimate of drug-likeness (QED) is 0.0679. The first-order chi connectivity index (χ1) is 27.0. The van der Waals surface area contributed by atoms with Crippen molar-refractivity contribution in [1.82, 2.24) is 5.32 Å². The number of amides is 1. The number of rotatable bonds is 15. The van der Waals surface area contributed by atoms with Crippen LogP contribution in [0.2, 0.25) is 0 Å². The molecule has 0 saturated carbocycles. The molecule has 1 unspecified atom stereocenters. The number of aliphatic hydroxyl groups excluding tert-OH is 7. The molecule has 59 heavy (non-hydrogen) atoms. The highest BCUT2D eigenvalue weighted by Crippen LogP contribution is 2.36. The lowest BCUT2D eigenvalue weighted by molar-refractivity contribution is -0.377. The van der Waals surface area contributed by atoms with Crippen LogP contribution < -0.4 is 5.32 Å². The molecule has 4 saturated heterocycles. The van der Waals surface area contributed by atoms with Gasteiger partial charge in [0, 0.05) is 6.92 Å². The van der Waals surface area contributed by atoms with Crippen molar-refractivity contribution in [2.45, 2.75) is 144 Å². The van der Waals surface area contributed by atoms with Crippen LogP contribution in [0, 0.1) is 0 Å². The van der Waals surface area contributed by atoms with Gasteiger partial charge in [-0.25, -0.2) is 17.3 Å². The van der Waals surface area contributed by atoms with E-state index in [-0.39, 0.29) is 0 Å². The van der Waals surface area contributed by atoms with Gasteiger partial charge in [0.05, 0.1) is 18.8 Å². The molecular weight excluding hydrogens is 886 g/mol. The Hall–Kier alpha value is -2.01. The summed E-state index contributed by atoms with van der Waals surface area (Å²) in [7, 11) is -16.1. The van der Waals surface area contributed by atoms with Crippen LogP contribution in [0.3, 0.4) is 0 Å². The van der Waals surface area contributed by atoms with Crippen LogP contribution in [0.4, 0.5) is 0 Å². The van der Waals surface area contributed by atoms with Crippen LogP contribution in [0.15, 0.2) is 0 Å². The lowest BCUT2D eigenvalue weighted by atomic mass is 9.95. The van der Waals surface area contributed by atoms with E-state index in [1.165, 1.54) is 0 Å². The number of aliphatic hydroxyl groups is 7. The van der Waals surface area contributed by atoms with E-state index < -0.39 is 172 Å². The van der Waals surface area contributed by atoms with Crippen molar-refractivity contribution < 1.29 is 135 Å². The molecule has 0 aromatic carbocycles. The molecular formula is C26H43NO29S3. The molecule has 30 nitrogen and oxygen atoms in total. The molecule has 1 amide bonds. The van der Waals surface area contributed by atoms with Crippen molar-refractivity contribution in [3.05, 3.63) is 0 Å². The predicted molar refractivity (Wildman–Crippen MR) is 174 cm³/mol. The molecule has 33 heteroatoms. The first-order valence-corrected chi connectivity index (χ1v) is 20.9. The average molecular weight is 930 g/mol. The van der Waals surface area contributed by atoms with E-state index in [9.17, 15) is 80.2 Å². The van der Waals surface area contributed by atoms with Crippen LogP contribution in [0.25, 0.3) is 0 Å². The van der Waals surface area contributed by atoms with Crippen LogP contribution in [0.1, 0.15) is 20.8 Å². The Morgan fingerprint density at radius 2 is 1.05 bits per heavy atom. The van der Waals surface area contributed by atoms with Crippen LogP contribution in [-0.4, -0.2) is 221 Å². The van der Waals surface area contributed by atoms with Gasteiger partial charge in [-0.1, -0.05) is 0 Å². The Bertz CT molecular complexity index is 1800. The Kier molecular flexibility index (Phi) is 16.1. The Morgan fingerprint density at radius 1 is 0.576 bits per heavy atom. The van der Waals surface area contributed by atoms with Crippen LogP contribution >= 0.6 is 0 Å². The lowest BCUT2D eigenvalue weighted by Crippen LogP contribution is -2.69. The number of hydrogen-bond acceptors (Lipinski definition) is 25. The molecule has 4 aliphatic heterocycles. The molecule has 20 atom stereocenters. The predicted octanol–water partition coefficient (Wildman–Crippen LogP) is -7.98. The smallest absolute Gasteiger partial charge is 0.397 e. The first-order valence-electron chi connectivity index (χ1n) is 16.8. The zero-order valence-electron chi connectivity index (χ0n) is 30.2. The minimum absolute atomic E-state index is 0.888. The third-order valence-corrected chi connectivity index (χ3v) is 10.5. The maximum atomic E-state index is 12.2. The van der Waals surface area contributed by atoms with Gasteiger partial charge in [-0.05, 0) is 13.8 Å². The monoisotopic (exact) mass is 929 g/mol. The van der Waals surface area contributed by atoms with Gasteiger partial charge in [-0.3, -0.25) is 18.5 Å². The number of ether oxygens (including phenoxy) is 7. The summed E-state index contributed by atoms with van der Waals surface area (Å²) >= 11 is 0. The van der Waals surface area contributed by atoms with E-state index in [1.807, 2.05) is 0 Å². The second kappa shape index (κ2) is 19.2. The van der Waals surface area contributed by atoms with E-state index >= 15 is 0 Å². The van der Waals surface area contributed by atoms with E-state index in [2.05, 4.69) is 17.9 Å².